The summed E-state index contributed by atoms with van der Waals surface area (Å²) in [5.74, 6) is 0.845. The molecule has 1 aliphatic heterocycles. The van der Waals surface area contributed by atoms with Crippen LogP contribution in [-0.2, 0) is 18.3 Å². The fraction of sp³-hybridized carbons (Fsp3) is 0.444. The standard InChI is InChI=1S/C18H25N7O/c1-3-20-18(21-8-6-15-5-4-7-19-11-15)24-9-10-25(17(26)14-24)16-12-22-23(2)13-16/h4-5,7,11-13H,3,6,8-10,14H2,1-2H3,(H,20,21). The third kappa shape index (κ3) is 4.38. The maximum atomic E-state index is 12.6. The zero-order valence-electron chi connectivity index (χ0n) is 15.3. The van der Waals surface area contributed by atoms with E-state index in [0.717, 1.165) is 36.7 Å². The number of aryl methyl sites for hydroxylation is 1. The smallest absolute Gasteiger partial charge is 0.246 e. The van der Waals surface area contributed by atoms with Gasteiger partial charge in [-0.05, 0) is 25.0 Å². The molecule has 0 aliphatic carbocycles. The first-order chi connectivity index (χ1) is 12.7. The van der Waals surface area contributed by atoms with Crippen molar-refractivity contribution >= 4 is 17.6 Å². The number of guanidine groups is 1. The molecule has 0 aromatic carbocycles. The molecule has 0 saturated carbocycles. The molecule has 3 heterocycles. The molecule has 1 fully saturated rings. The first-order valence-corrected chi connectivity index (χ1v) is 8.88. The molecule has 26 heavy (non-hydrogen) atoms. The number of nitrogens with zero attached hydrogens (tertiary/aromatic N) is 6. The molecule has 0 unspecified atom stereocenters. The van der Waals surface area contributed by atoms with Gasteiger partial charge in [0.15, 0.2) is 5.96 Å². The number of aliphatic imine (C=N–C) groups is 1. The van der Waals surface area contributed by atoms with Crippen LogP contribution >= 0.6 is 0 Å². The fourth-order valence-corrected chi connectivity index (χ4v) is 2.94. The second-order valence-electron chi connectivity index (χ2n) is 6.19. The highest BCUT2D eigenvalue weighted by molar-refractivity contribution is 5.98. The number of amides is 1. The number of pyridine rings is 1. The Morgan fingerprint density at radius 2 is 2.23 bits per heavy atom. The number of nitrogens with one attached hydrogen (secondary N) is 1. The molecule has 2 aromatic rings. The zero-order chi connectivity index (χ0) is 18.4. The number of carbonyl (C=O) groups excluding carboxylic acids is 1. The van der Waals surface area contributed by atoms with Crippen LogP contribution in [0, 0.1) is 0 Å². The lowest BCUT2D eigenvalue weighted by Gasteiger charge is -2.35. The van der Waals surface area contributed by atoms with Gasteiger partial charge < -0.3 is 15.1 Å². The van der Waals surface area contributed by atoms with E-state index in [1.165, 1.54) is 0 Å². The Labute approximate surface area is 153 Å². The van der Waals surface area contributed by atoms with Crippen molar-refractivity contribution in [3.05, 3.63) is 42.5 Å². The Hall–Kier alpha value is -2.90. The van der Waals surface area contributed by atoms with Gasteiger partial charge in [-0.2, -0.15) is 5.10 Å². The first-order valence-electron chi connectivity index (χ1n) is 8.88. The molecule has 1 aliphatic rings. The van der Waals surface area contributed by atoms with Crippen LogP contribution < -0.4 is 10.2 Å². The van der Waals surface area contributed by atoms with Crippen LogP contribution in [0.2, 0.25) is 0 Å². The number of hydrogen-bond donors (Lipinski definition) is 1. The lowest BCUT2D eigenvalue weighted by Crippen LogP contribution is -2.55. The van der Waals surface area contributed by atoms with E-state index >= 15 is 0 Å². The number of rotatable bonds is 5. The van der Waals surface area contributed by atoms with Crippen LogP contribution in [0.5, 0.6) is 0 Å². The van der Waals surface area contributed by atoms with Gasteiger partial charge in [-0.1, -0.05) is 6.07 Å². The summed E-state index contributed by atoms with van der Waals surface area (Å²) in [5, 5.41) is 7.44. The lowest BCUT2D eigenvalue weighted by molar-refractivity contribution is -0.120. The molecule has 8 nitrogen and oxygen atoms in total. The minimum absolute atomic E-state index is 0.0575. The van der Waals surface area contributed by atoms with Gasteiger partial charge in [0.25, 0.3) is 0 Å². The van der Waals surface area contributed by atoms with E-state index in [1.807, 2.05) is 43.4 Å². The van der Waals surface area contributed by atoms with Crippen LogP contribution in [0.4, 0.5) is 5.69 Å². The van der Waals surface area contributed by atoms with Crippen molar-refractivity contribution in [3.63, 3.8) is 0 Å². The Morgan fingerprint density at radius 1 is 1.35 bits per heavy atom. The quantitative estimate of drug-likeness (QED) is 0.630. The summed E-state index contributed by atoms with van der Waals surface area (Å²) >= 11 is 0. The van der Waals surface area contributed by atoms with Crippen LogP contribution in [0.25, 0.3) is 0 Å². The lowest BCUT2D eigenvalue weighted by atomic mass is 10.2. The molecule has 0 atom stereocenters. The third-order valence-electron chi connectivity index (χ3n) is 4.24. The van der Waals surface area contributed by atoms with Crippen molar-refractivity contribution < 1.29 is 4.79 Å². The molecule has 1 amide bonds. The molecule has 0 radical (unpaired) electrons. The molecule has 138 valence electrons. The summed E-state index contributed by atoms with van der Waals surface area (Å²) in [6, 6.07) is 3.98. The number of piperazine rings is 1. The van der Waals surface area contributed by atoms with Crippen molar-refractivity contribution in [2.45, 2.75) is 13.3 Å². The van der Waals surface area contributed by atoms with Crippen LogP contribution in [0.15, 0.2) is 41.9 Å². The molecule has 2 aromatic heterocycles. The van der Waals surface area contributed by atoms with E-state index in [4.69, 9.17) is 0 Å². The minimum Gasteiger partial charge on any atom is -0.357 e. The van der Waals surface area contributed by atoms with Gasteiger partial charge in [-0.25, -0.2) is 0 Å². The maximum Gasteiger partial charge on any atom is 0.246 e. The SMILES string of the molecule is CCNC(=NCCc1cccnc1)N1CCN(c2cnn(C)c2)C(=O)C1. The van der Waals surface area contributed by atoms with Crippen molar-refractivity contribution in [3.8, 4) is 0 Å². The van der Waals surface area contributed by atoms with Gasteiger partial charge in [0.05, 0.1) is 11.9 Å². The highest BCUT2D eigenvalue weighted by atomic mass is 16.2. The number of aromatic nitrogens is 3. The fourth-order valence-electron chi connectivity index (χ4n) is 2.94. The predicted molar refractivity (Wildman–Crippen MR) is 101 cm³/mol. The van der Waals surface area contributed by atoms with E-state index in [-0.39, 0.29) is 5.91 Å². The second kappa shape index (κ2) is 8.46. The van der Waals surface area contributed by atoms with E-state index in [9.17, 15) is 4.79 Å². The Morgan fingerprint density at radius 3 is 2.88 bits per heavy atom. The maximum absolute atomic E-state index is 12.6. The molecular formula is C18H25N7O. The minimum atomic E-state index is 0.0575. The van der Waals surface area contributed by atoms with Crippen molar-refractivity contribution in [2.24, 2.45) is 12.0 Å². The van der Waals surface area contributed by atoms with E-state index in [2.05, 4.69) is 20.4 Å². The largest absolute Gasteiger partial charge is 0.357 e. The summed E-state index contributed by atoms with van der Waals surface area (Å²) in [6.07, 6.45) is 8.04. The Bertz CT molecular complexity index is 756. The highest BCUT2D eigenvalue weighted by Gasteiger charge is 2.27. The van der Waals surface area contributed by atoms with Crippen LogP contribution in [-0.4, -0.2) is 64.3 Å². The summed E-state index contributed by atoms with van der Waals surface area (Å²) in [5.41, 5.74) is 2.00. The van der Waals surface area contributed by atoms with Gasteiger partial charge in [0, 0.05) is 51.8 Å². The average molecular weight is 355 g/mol. The first kappa shape index (κ1) is 17.9. The van der Waals surface area contributed by atoms with Gasteiger partial charge in [0.2, 0.25) is 5.91 Å². The molecular weight excluding hydrogens is 330 g/mol. The number of hydrogen-bond acceptors (Lipinski definition) is 4. The van der Waals surface area contributed by atoms with E-state index in [0.29, 0.717) is 19.6 Å². The monoisotopic (exact) mass is 355 g/mol. The topological polar surface area (TPSA) is 78.7 Å². The zero-order valence-corrected chi connectivity index (χ0v) is 15.3. The number of anilines is 1. The van der Waals surface area contributed by atoms with Crippen molar-refractivity contribution in [1.82, 2.24) is 25.0 Å². The summed E-state index contributed by atoms with van der Waals surface area (Å²) in [6.45, 7) is 5.13. The van der Waals surface area contributed by atoms with Gasteiger partial charge in [-0.15, -0.1) is 0 Å². The Kier molecular flexibility index (Phi) is 5.83. The average Bonchev–Trinajstić information content (AvgIpc) is 3.08. The molecule has 0 spiro atoms. The van der Waals surface area contributed by atoms with E-state index < -0.39 is 0 Å². The molecule has 3 rings (SSSR count). The predicted octanol–water partition coefficient (Wildman–Crippen LogP) is 0.672. The highest BCUT2D eigenvalue weighted by Crippen LogP contribution is 2.16. The summed E-state index contributed by atoms with van der Waals surface area (Å²) < 4.78 is 1.71. The molecule has 1 N–H and O–H groups in total. The second-order valence-corrected chi connectivity index (χ2v) is 6.19. The van der Waals surface area contributed by atoms with Crippen molar-refractivity contribution in [2.75, 3.05) is 37.6 Å². The van der Waals surface area contributed by atoms with Gasteiger partial charge in [0.1, 0.15) is 6.54 Å². The van der Waals surface area contributed by atoms with Crippen molar-refractivity contribution in [1.29, 1.82) is 0 Å². The van der Waals surface area contributed by atoms with Crippen LogP contribution in [0.3, 0.4) is 0 Å². The van der Waals surface area contributed by atoms with Gasteiger partial charge >= 0.3 is 0 Å². The van der Waals surface area contributed by atoms with E-state index in [1.54, 1.807) is 22.0 Å². The third-order valence-corrected chi connectivity index (χ3v) is 4.24. The molecule has 1 saturated heterocycles. The summed E-state index contributed by atoms with van der Waals surface area (Å²) in [4.78, 5) is 25.2. The normalized spacial score (nSPS) is 15.5. The molecule has 8 heteroatoms. The Balaban J connectivity index is 1.61. The molecule has 0 bridgehead atoms. The number of carbonyl (C=O) groups is 1. The summed E-state index contributed by atoms with van der Waals surface area (Å²) in [7, 11) is 1.85. The van der Waals surface area contributed by atoms with Gasteiger partial charge in [-0.3, -0.25) is 19.5 Å². The van der Waals surface area contributed by atoms with Crippen LogP contribution in [0.1, 0.15) is 12.5 Å².